The third-order valence-electron chi connectivity index (χ3n) is 5.16. The summed E-state index contributed by atoms with van der Waals surface area (Å²) >= 11 is 0. The van der Waals surface area contributed by atoms with Gasteiger partial charge in [-0.15, -0.1) is 0 Å². The highest BCUT2D eigenvalue weighted by Crippen LogP contribution is 2.23. The molecule has 2 N–H and O–H groups in total. The molecule has 2 amide bonds. The Morgan fingerprint density at radius 2 is 1.66 bits per heavy atom. The number of nitrogens with zero attached hydrogens (tertiary/aromatic N) is 1. The fourth-order valence-electron chi connectivity index (χ4n) is 3.42. The summed E-state index contributed by atoms with van der Waals surface area (Å²) in [5.41, 5.74) is 0.710. The Hall–Kier alpha value is -3.01. The first kappa shape index (κ1) is 28.2. The molecule has 0 bridgehead atoms. The van der Waals surface area contributed by atoms with Gasteiger partial charge in [0, 0.05) is 26.3 Å². The molecule has 0 saturated heterocycles. The maximum atomic E-state index is 14.7. The smallest absolute Gasteiger partial charge is 0.260 e. The van der Waals surface area contributed by atoms with Gasteiger partial charge in [0.2, 0.25) is 0 Å². The first-order chi connectivity index (χ1) is 17.0. The lowest BCUT2D eigenvalue weighted by molar-refractivity contribution is -0.124. The van der Waals surface area contributed by atoms with Gasteiger partial charge in [-0.1, -0.05) is 36.4 Å². The van der Waals surface area contributed by atoms with E-state index in [0.29, 0.717) is 32.8 Å². The molecule has 0 unspecified atom stereocenters. The van der Waals surface area contributed by atoms with Gasteiger partial charge in [-0.05, 0) is 38.0 Å². The maximum Gasteiger partial charge on any atom is 0.260 e. The molecular formula is C26H35FN2O6. The van der Waals surface area contributed by atoms with Crippen LogP contribution in [0, 0.1) is 5.82 Å². The van der Waals surface area contributed by atoms with E-state index in [1.807, 2.05) is 44.2 Å². The van der Waals surface area contributed by atoms with Crippen LogP contribution in [-0.4, -0.2) is 80.6 Å². The number of rotatable bonds is 16. The zero-order chi connectivity index (χ0) is 25.5. The van der Waals surface area contributed by atoms with Crippen LogP contribution in [-0.2, 0) is 20.7 Å². The highest BCUT2D eigenvalue weighted by molar-refractivity contribution is 5.97. The molecule has 1 atom stereocenters. The third kappa shape index (κ3) is 9.64. The summed E-state index contributed by atoms with van der Waals surface area (Å²) in [4.78, 5) is 27.1. The molecule has 0 saturated carbocycles. The van der Waals surface area contributed by atoms with Crippen molar-refractivity contribution < 1.29 is 33.3 Å². The number of aliphatic hydroxyl groups excluding tert-OH is 1. The Bertz CT molecular complexity index is 902. The van der Waals surface area contributed by atoms with Crippen LogP contribution >= 0.6 is 0 Å². The van der Waals surface area contributed by atoms with Crippen molar-refractivity contribution in [1.29, 1.82) is 0 Å². The molecule has 2 aromatic rings. The van der Waals surface area contributed by atoms with Gasteiger partial charge in [-0.2, -0.15) is 0 Å². The largest absolute Gasteiger partial charge is 0.483 e. The highest BCUT2D eigenvalue weighted by Gasteiger charge is 2.24. The number of benzene rings is 2. The second-order valence-electron chi connectivity index (χ2n) is 7.72. The summed E-state index contributed by atoms with van der Waals surface area (Å²) in [5.74, 6) is -1.85. The molecule has 0 radical (unpaired) electrons. The number of carbonyl (C=O) groups is 2. The summed E-state index contributed by atoms with van der Waals surface area (Å²) in [7, 11) is 0. The molecule has 35 heavy (non-hydrogen) atoms. The summed E-state index contributed by atoms with van der Waals surface area (Å²) in [5, 5.41) is 12.3. The minimum atomic E-state index is -0.747. The zero-order valence-electron chi connectivity index (χ0n) is 20.4. The van der Waals surface area contributed by atoms with Crippen LogP contribution in [0.1, 0.15) is 29.8 Å². The molecule has 2 rings (SSSR count). The van der Waals surface area contributed by atoms with E-state index in [-0.39, 0.29) is 31.0 Å². The predicted octanol–water partition coefficient (Wildman–Crippen LogP) is 2.44. The lowest BCUT2D eigenvalue weighted by atomic mass is 10.1. The number of aliphatic hydroxyl groups is 1. The quantitative estimate of drug-likeness (QED) is 0.351. The molecule has 0 spiro atoms. The van der Waals surface area contributed by atoms with Gasteiger partial charge in [-0.3, -0.25) is 9.59 Å². The molecule has 0 aliphatic heterocycles. The van der Waals surface area contributed by atoms with Crippen molar-refractivity contribution in [1.82, 2.24) is 10.2 Å². The molecule has 192 valence electrons. The number of carbonyl (C=O) groups excluding carboxylic acids is 2. The normalized spacial score (nSPS) is 11.7. The van der Waals surface area contributed by atoms with Gasteiger partial charge in [0.25, 0.3) is 11.8 Å². The number of halogens is 1. The van der Waals surface area contributed by atoms with Gasteiger partial charge in [0.05, 0.1) is 25.9 Å². The van der Waals surface area contributed by atoms with Crippen LogP contribution in [0.15, 0.2) is 48.5 Å². The third-order valence-corrected chi connectivity index (χ3v) is 5.16. The Morgan fingerprint density at radius 1 is 1.00 bits per heavy atom. The van der Waals surface area contributed by atoms with Crippen molar-refractivity contribution >= 4 is 11.8 Å². The summed E-state index contributed by atoms with van der Waals surface area (Å²) in [6.45, 7) is 5.11. The minimum Gasteiger partial charge on any atom is -0.483 e. The molecule has 0 aliphatic carbocycles. The van der Waals surface area contributed by atoms with Crippen molar-refractivity contribution in [3.8, 4) is 5.75 Å². The Labute approximate surface area is 206 Å². The fraction of sp³-hybridized carbons (Fsp3) is 0.462. The van der Waals surface area contributed by atoms with Crippen LogP contribution in [0.25, 0.3) is 0 Å². The number of nitrogens with one attached hydrogen (secondary N) is 1. The van der Waals surface area contributed by atoms with Crippen molar-refractivity contribution in [2.45, 2.75) is 26.3 Å². The Balaban J connectivity index is 2.06. The highest BCUT2D eigenvalue weighted by atomic mass is 19.1. The van der Waals surface area contributed by atoms with Crippen LogP contribution < -0.4 is 10.1 Å². The fourth-order valence-corrected chi connectivity index (χ4v) is 3.42. The van der Waals surface area contributed by atoms with Crippen molar-refractivity contribution in [2.24, 2.45) is 0 Å². The van der Waals surface area contributed by atoms with E-state index >= 15 is 0 Å². The number of hydrogen-bond acceptors (Lipinski definition) is 6. The second kappa shape index (κ2) is 15.8. The van der Waals surface area contributed by atoms with E-state index in [9.17, 15) is 19.1 Å². The second-order valence-corrected chi connectivity index (χ2v) is 7.72. The molecule has 9 heteroatoms. The zero-order valence-corrected chi connectivity index (χ0v) is 20.4. The van der Waals surface area contributed by atoms with Crippen molar-refractivity contribution in [3.63, 3.8) is 0 Å². The topological polar surface area (TPSA) is 97.3 Å². The van der Waals surface area contributed by atoms with E-state index in [1.165, 1.54) is 23.1 Å². The Kier molecular flexibility index (Phi) is 12.7. The van der Waals surface area contributed by atoms with Gasteiger partial charge < -0.3 is 29.5 Å². The van der Waals surface area contributed by atoms with E-state index in [2.05, 4.69) is 5.32 Å². The molecular weight excluding hydrogens is 455 g/mol. The molecule has 0 fully saturated rings. The van der Waals surface area contributed by atoms with Gasteiger partial charge in [0.15, 0.2) is 6.61 Å². The first-order valence-electron chi connectivity index (χ1n) is 11.8. The lowest BCUT2D eigenvalue weighted by Gasteiger charge is -2.24. The van der Waals surface area contributed by atoms with Crippen LogP contribution in [0.4, 0.5) is 4.39 Å². The average Bonchev–Trinajstić information content (AvgIpc) is 2.86. The lowest BCUT2D eigenvalue weighted by Crippen LogP contribution is -2.41. The van der Waals surface area contributed by atoms with E-state index in [4.69, 9.17) is 14.2 Å². The summed E-state index contributed by atoms with van der Waals surface area (Å²) < 4.78 is 31.0. The van der Waals surface area contributed by atoms with Crippen LogP contribution in [0.2, 0.25) is 0 Å². The van der Waals surface area contributed by atoms with Crippen LogP contribution in [0.5, 0.6) is 5.75 Å². The molecule has 8 nitrogen and oxygen atoms in total. The van der Waals surface area contributed by atoms with Gasteiger partial charge in [0.1, 0.15) is 17.1 Å². The SMILES string of the molecule is CCOCCN(CCOCC)C(=O)c1c(F)cccc1OCC(=O)N[C@H](CO)Cc1ccccc1. The summed E-state index contributed by atoms with van der Waals surface area (Å²) in [6.07, 6.45) is 0.446. The van der Waals surface area contributed by atoms with Crippen LogP contribution in [0.3, 0.4) is 0 Å². The Morgan fingerprint density at radius 3 is 2.26 bits per heavy atom. The number of ether oxygens (including phenoxy) is 3. The molecule has 0 aromatic heterocycles. The van der Waals surface area contributed by atoms with Crippen molar-refractivity contribution in [2.75, 3.05) is 52.7 Å². The van der Waals surface area contributed by atoms with E-state index in [0.717, 1.165) is 5.56 Å². The maximum absolute atomic E-state index is 14.7. The standard InChI is InChI=1S/C26H35FN2O6/c1-3-33-15-13-29(14-16-34-4-2)26(32)25-22(27)11-8-12-23(25)35-19-24(31)28-21(18-30)17-20-9-6-5-7-10-20/h5-12,21,30H,3-4,13-19H2,1-2H3,(H,28,31)/t21-/m0/s1. The monoisotopic (exact) mass is 490 g/mol. The molecule has 2 aromatic carbocycles. The first-order valence-corrected chi connectivity index (χ1v) is 11.8. The minimum absolute atomic E-state index is 0.0356. The van der Waals surface area contributed by atoms with Gasteiger partial charge in [-0.25, -0.2) is 4.39 Å². The molecule has 0 heterocycles. The van der Waals surface area contributed by atoms with Gasteiger partial charge >= 0.3 is 0 Å². The van der Waals surface area contributed by atoms with E-state index < -0.39 is 30.3 Å². The number of amides is 2. The van der Waals surface area contributed by atoms with E-state index in [1.54, 1.807) is 0 Å². The predicted molar refractivity (Wildman–Crippen MR) is 130 cm³/mol. The average molecular weight is 491 g/mol. The summed E-state index contributed by atoms with van der Waals surface area (Å²) in [6, 6.07) is 13.0. The van der Waals surface area contributed by atoms with Crippen molar-refractivity contribution in [3.05, 3.63) is 65.5 Å². The molecule has 0 aliphatic rings. The number of hydrogen-bond donors (Lipinski definition) is 2.